The first-order valence-electron chi connectivity index (χ1n) is 5.86. The van der Waals surface area contributed by atoms with Crippen molar-refractivity contribution in [2.75, 3.05) is 13.2 Å². The predicted octanol–water partition coefficient (Wildman–Crippen LogP) is 1.64. The summed E-state index contributed by atoms with van der Waals surface area (Å²) in [6, 6.07) is 0.278. The molecule has 3 rings (SSSR count). The summed E-state index contributed by atoms with van der Waals surface area (Å²) in [5.41, 5.74) is 0. The van der Waals surface area contributed by atoms with Crippen LogP contribution in [0.4, 0.5) is 4.79 Å². The first-order valence-corrected chi connectivity index (χ1v) is 5.86. The molecule has 0 aromatic heterocycles. The monoisotopic (exact) mass is 213 g/mol. The molecule has 1 amide bonds. The Morgan fingerprint density at radius 3 is 2.73 bits per heavy atom. The highest BCUT2D eigenvalue weighted by Gasteiger charge is 2.54. The Morgan fingerprint density at radius 1 is 1.40 bits per heavy atom. The SMILES string of the molecule is CC.CC1CCN2C(=O)OC3COC3C12. The van der Waals surface area contributed by atoms with Crippen molar-refractivity contribution in [2.24, 2.45) is 5.92 Å². The lowest BCUT2D eigenvalue weighted by Crippen LogP contribution is -2.65. The molecule has 4 heteroatoms. The van der Waals surface area contributed by atoms with Gasteiger partial charge in [-0.1, -0.05) is 20.8 Å². The Hall–Kier alpha value is -0.770. The second-order valence-electron chi connectivity index (χ2n) is 4.17. The second-order valence-corrected chi connectivity index (χ2v) is 4.17. The summed E-state index contributed by atoms with van der Waals surface area (Å²) in [5.74, 6) is 0.556. The van der Waals surface area contributed by atoms with Crippen LogP contribution >= 0.6 is 0 Å². The number of carbonyl (C=O) groups is 1. The minimum atomic E-state index is -0.140. The molecule has 3 saturated heterocycles. The zero-order chi connectivity index (χ0) is 11.0. The quantitative estimate of drug-likeness (QED) is 0.614. The highest BCUT2D eigenvalue weighted by atomic mass is 16.6. The molecule has 0 N–H and O–H groups in total. The maximum Gasteiger partial charge on any atom is 0.410 e. The van der Waals surface area contributed by atoms with Crippen molar-refractivity contribution >= 4 is 6.09 Å². The number of fused-ring (bicyclic) bond motifs is 3. The molecule has 0 aromatic rings. The van der Waals surface area contributed by atoms with Crippen molar-refractivity contribution in [2.45, 2.75) is 45.4 Å². The third-order valence-corrected chi connectivity index (χ3v) is 3.41. The van der Waals surface area contributed by atoms with E-state index in [9.17, 15) is 4.79 Å². The third-order valence-electron chi connectivity index (χ3n) is 3.41. The second kappa shape index (κ2) is 4.00. The molecule has 3 fully saturated rings. The van der Waals surface area contributed by atoms with E-state index in [-0.39, 0.29) is 24.3 Å². The Morgan fingerprint density at radius 2 is 2.13 bits per heavy atom. The highest BCUT2D eigenvalue weighted by Crippen LogP contribution is 2.37. The van der Waals surface area contributed by atoms with Crippen LogP contribution in [0.5, 0.6) is 0 Å². The van der Waals surface area contributed by atoms with Gasteiger partial charge in [0, 0.05) is 6.54 Å². The zero-order valence-corrected chi connectivity index (χ0v) is 9.60. The van der Waals surface area contributed by atoms with E-state index in [1.807, 2.05) is 18.7 Å². The van der Waals surface area contributed by atoms with Gasteiger partial charge in [0.05, 0.1) is 12.6 Å². The summed E-state index contributed by atoms with van der Waals surface area (Å²) in [6.45, 7) is 7.60. The molecule has 4 unspecified atom stereocenters. The number of hydrogen-bond acceptors (Lipinski definition) is 3. The van der Waals surface area contributed by atoms with E-state index in [1.54, 1.807) is 0 Å². The summed E-state index contributed by atoms with van der Waals surface area (Å²) in [4.78, 5) is 13.3. The largest absolute Gasteiger partial charge is 0.441 e. The van der Waals surface area contributed by atoms with E-state index in [0.29, 0.717) is 12.5 Å². The minimum Gasteiger partial charge on any atom is -0.441 e. The number of hydrogen-bond donors (Lipinski definition) is 0. The number of rotatable bonds is 0. The molecule has 0 bridgehead atoms. The normalized spacial score (nSPS) is 41.8. The van der Waals surface area contributed by atoms with E-state index < -0.39 is 0 Å². The summed E-state index contributed by atoms with van der Waals surface area (Å²) >= 11 is 0. The van der Waals surface area contributed by atoms with Gasteiger partial charge in [0.15, 0.2) is 6.10 Å². The third kappa shape index (κ3) is 1.51. The van der Waals surface area contributed by atoms with Crippen molar-refractivity contribution in [3.05, 3.63) is 0 Å². The predicted molar refractivity (Wildman–Crippen MR) is 55.6 cm³/mol. The van der Waals surface area contributed by atoms with Crippen LogP contribution in [0.15, 0.2) is 0 Å². The highest BCUT2D eigenvalue weighted by molar-refractivity contribution is 5.70. The van der Waals surface area contributed by atoms with Gasteiger partial charge in [-0.3, -0.25) is 0 Å². The van der Waals surface area contributed by atoms with Gasteiger partial charge in [-0.25, -0.2) is 4.79 Å². The molecular formula is C11H19NO3. The van der Waals surface area contributed by atoms with Gasteiger partial charge >= 0.3 is 6.09 Å². The average molecular weight is 213 g/mol. The van der Waals surface area contributed by atoms with Gasteiger partial charge < -0.3 is 14.4 Å². The maximum atomic E-state index is 11.5. The molecule has 0 aromatic carbocycles. The van der Waals surface area contributed by atoms with E-state index in [4.69, 9.17) is 9.47 Å². The van der Waals surface area contributed by atoms with E-state index in [0.717, 1.165) is 13.0 Å². The van der Waals surface area contributed by atoms with Crippen molar-refractivity contribution in [1.29, 1.82) is 0 Å². The Labute approximate surface area is 90.5 Å². The van der Waals surface area contributed by atoms with E-state index in [2.05, 4.69) is 6.92 Å². The number of carbonyl (C=O) groups excluding carboxylic acids is 1. The van der Waals surface area contributed by atoms with E-state index in [1.165, 1.54) is 0 Å². The molecule has 3 heterocycles. The van der Waals surface area contributed by atoms with Crippen molar-refractivity contribution in [1.82, 2.24) is 4.90 Å². The molecule has 0 spiro atoms. The Bertz CT molecular complexity index is 256. The molecule has 3 aliphatic rings. The van der Waals surface area contributed by atoms with Crippen LogP contribution in [0.3, 0.4) is 0 Å². The molecule has 3 aliphatic heterocycles. The van der Waals surface area contributed by atoms with Gasteiger partial charge in [-0.15, -0.1) is 0 Å². The topological polar surface area (TPSA) is 38.8 Å². The van der Waals surface area contributed by atoms with Crippen LogP contribution in [0.25, 0.3) is 0 Å². The van der Waals surface area contributed by atoms with Crippen LogP contribution in [0.1, 0.15) is 27.2 Å². The van der Waals surface area contributed by atoms with Gasteiger partial charge in [-0.2, -0.15) is 0 Å². The van der Waals surface area contributed by atoms with Gasteiger partial charge in [0.25, 0.3) is 0 Å². The van der Waals surface area contributed by atoms with Gasteiger partial charge in [0.2, 0.25) is 0 Å². The molecule has 4 atom stereocenters. The lowest BCUT2D eigenvalue weighted by Gasteiger charge is -2.48. The fourth-order valence-corrected chi connectivity index (χ4v) is 2.59. The molecule has 15 heavy (non-hydrogen) atoms. The van der Waals surface area contributed by atoms with E-state index >= 15 is 0 Å². The molecule has 0 saturated carbocycles. The fraction of sp³-hybridized carbons (Fsp3) is 0.909. The zero-order valence-electron chi connectivity index (χ0n) is 9.60. The van der Waals surface area contributed by atoms with Gasteiger partial charge in [-0.05, 0) is 12.3 Å². The first kappa shape index (κ1) is 10.7. The lowest BCUT2D eigenvalue weighted by molar-refractivity contribution is -0.214. The molecular weight excluding hydrogens is 194 g/mol. The average Bonchev–Trinajstić information content (AvgIpc) is 2.58. The fourth-order valence-electron chi connectivity index (χ4n) is 2.59. The molecule has 4 nitrogen and oxygen atoms in total. The molecule has 86 valence electrons. The van der Waals surface area contributed by atoms with Crippen LogP contribution in [0, 0.1) is 5.92 Å². The van der Waals surface area contributed by atoms with Crippen LogP contribution < -0.4 is 0 Å². The van der Waals surface area contributed by atoms with Crippen LogP contribution in [0.2, 0.25) is 0 Å². The van der Waals surface area contributed by atoms with Crippen molar-refractivity contribution < 1.29 is 14.3 Å². The van der Waals surface area contributed by atoms with Crippen LogP contribution in [-0.4, -0.2) is 42.4 Å². The first-order chi connectivity index (χ1) is 7.27. The number of amides is 1. The maximum absolute atomic E-state index is 11.5. The Balaban J connectivity index is 0.000000404. The summed E-state index contributed by atoms with van der Waals surface area (Å²) in [5, 5.41) is 0. The summed E-state index contributed by atoms with van der Waals surface area (Å²) < 4.78 is 10.7. The van der Waals surface area contributed by atoms with Crippen molar-refractivity contribution in [3.8, 4) is 0 Å². The van der Waals surface area contributed by atoms with Gasteiger partial charge in [0.1, 0.15) is 6.10 Å². The number of ether oxygens (including phenoxy) is 2. The standard InChI is InChI=1S/C9H13NO3.C2H6/c1-5-2-3-10-7(5)8-6(4-12-8)13-9(10)11;1-2/h5-8H,2-4H2,1H3;1-2H3. The smallest absolute Gasteiger partial charge is 0.410 e. The lowest BCUT2D eigenvalue weighted by atomic mass is 9.91. The minimum absolute atomic E-state index is 0.0364. The van der Waals surface area contributed by atoms with Crippen molar-refractivity contribution in [3.63, 3.8) is 0 Å². The summed E-state index contributed by atoms with van der Waals surface area (Å²) in [7, 11) is 0. The number of nitrogens with zero attached hydrogens (tertiary/aromatic N) is 1. The molecule has 0 aliphatic carbocycles. The van der Waals surface area contributed by atoms with Crippen LogP contribution in [-0.2, 0) is 9.47 Å². The Kier molecular flexibility index (Phi) is 2.87. The summed E-state index contributed by atoms with van der Waals surface area (Å²) in [6.07, 6.45) is 1.12. The molecule has 0 radical (unpaired) electrons.